The molecule has 0 aromatic carbocycles. The van der Waals surface area contributed by atoms with Crippen molar-refractivity contribution in [1.29, 1.82) is 0 Å². The summed E-state index contributed by atoms with van der Waals surface area (Å²) in [5.74, 6) is 10.7. The number of aliphatic carboxylic acids is 2. The van der Waals surface area contributed by atoms with Gasteiger partial charge in [0.2, 0.25) is 0 Å². The molecular weight excluding hydrogens is 352 g/mol. The second kappa shape index (κ2) is 21.4. The van der Waals surface area contributed by atoms with Crippen LogP contribution in [0.3, 0.4) is 0 Å². The maximum atomic E-state index is 10.4. The molecule has 158 valence electrons. The molecule has 0 saturated carbocycles. The van der Waals surface area contributed by atoms with Gasteiger partial charge in [0.1, 0.15) is 0 Å². The SMILES string of the molecule is O=C(O)CCCCCCCCCC#CC#CCCCCCCCCCC(=O)O. The predicted octanol–water partition coefficient (Wildman–Crippen LogP) is 6.18. The Labute approximate surface area is 171 Å². The topological polar surface area (TPSA) is 74.6 Å². The summed E-state index contributed by atoms with van der Waals surface area (Å²) in [7, 11) is 0. The molecule has 0 atom stereocenters. The van der Waals surface area contributed by atoms with Gasteiger partial charge in [-0.05, 0) is 37.5 Å². The van der Waals surface area contributed by atoms with Crippen LogP contribution in [0.4, 0.5) is 0 Å². The number of carbonyl (C=O) groups is 2. The molecule has 4 heteroatoms. The third-order valence-electron chi connectivity index (χ3n) is 4.62. The third-order valence-corrected chi connectivity index (χ3v) is 4.62. The van der Waals surface area contributed by atoms with E-state index in [9.17, 15) is 9.59 Å². The van der Waals surface area contributed by atoms with Gasteiger partial charge in [0, 0.05) is 25.7 Å². The molecular formula is C24H38O4. The lowest BCUT2D eigenvalue weighted by Crippen LogP contribution is -1.93. The zero-order chi connectivity index (χ0) is 20.7. The van der Waals surface area contributed by atoms with Crippen molar-refractivity contribution >= 4 is 11.9 Å². The smallest absolute Gasteiger partial charge is 0.303 e. The molecule has 0 aromatic heterocycles. The van der Waals surface area contributed by atoms with Gasteiger partial charge in [0.25, 0.3) is 0 Å². The van der Waals surface area contributed by atoms with Crippen LogP contribution in [0.1, 0.15) is 116 Å². The number of unbranched alkanes of at least 4 members (excludes halogenated alkanes) is 14. The predicted molar refractivity (Wildman–Crippen MR) is 114 cm³/mol. The van der Waals surface area contributed by atoms with E-state index in [1.807, 2.05) is 0 Å². The summed E-state index contributed by atoms with van der Waals surface area (Å²) < 4.78 is 0. The monoisotopic (exact) mass is 390 g/mol. The van der Waals surface area contributed by atoms with E-state index in [-0.39, 0.29) is 0 Å². The summed E-state index contributed by atoms with van der Waals surface area (Å²) >= 11 is 0. The minimum atomic E-state index is -0.691. The van der Waals surface area contributed by atoms with Gasteiger partial charge in [0.15, 0.2) is 0 Å². The summed E-state index contributed by atoms with van der Waals surface area (Å²) in [6.45, 7) is 0. The number of hydrogen-bond donors (Lipinski definition) is 2. The van der Waals surface area contributed by atoms with E-state index in [0.717, 1.165) is 64.2 Å². The highest BCUT2D eigenvalue weighted by molar-refractivity contribution is 5.66. The van der Waals surface area contributed by atoms with Gasteiger partial charge >= 0.3 is 11.9 Å². The maximum Gasteiger partial charge on any atom is 0.303 e. The van der Waals surface area contributed by atoms with Crippen LogP contribution in [0.2, 0.25) is 0 Å². The summed E-state index contributed by atoms with van der Waals surface area (Å²) in [6, 6.07) is 0. The summed E-state index contributed by atoms with van der Waals surface area (Å²) in [5.41, 5.74) is 0. The fourth-order valence-electron chi connectivity index (χ4n) is 2.96. The van der Waals surface area contributed by atoms with Crippen LogP contribution in [-0.2, 0) is 9.59 Å². The Morgan fingerprint density at radius 1 is 0.464 bits per heavy atom. The normalized spacial score (nSPS) is 9.86. The van der Waals surface area contributed by atoms with Gasteiger partial charge in [-0.3, -0.25) is 9.59 Å². The van der Waals surface area contributed by atoms with Crippen LogP contribution >= 0.6 is 0 Å². The van der Waals surface area contributed by atoms with Crippen LogP contribution < -0.4 is 0 Å². The molecule has 0 saturated heterocycles. The molecule has 28 heavy (non-hydrogen) atoms. The van der Waals surface area contributed by atoms with Crippen molar-refractivity contribution in [2.24, 2.45) is 0 Å². The highest BCUT2D eigenvalue weighted by Crippen LogP contribution is 2.10. The highest BCUT2D eigenvalue weighted by atomic mass is 16.4. The molecule has 0 unspecified atom stereocenters. The molecule has 0 aliphatic rings. The lowest BCUT2D eigenvalue weighted by molar-refractivity contribution is -0.138. The van der Waals surface area contributed by atoms with Crippen LogP contribution in [0, 0.1) is 23.7 Å². The van der Waals surface area contributed by atoms with E-state index in [1.165, 1.54) is 38.5 Å². The fraction of sp³-hybridized carbons (Fsp3) is 0.750. The molecule has 0 fully saturated rings. The second-order valence-corrected chi connectivity index (χ2v) is 7.34. The number of carboxylic acid groups (broad SMARTS) is 2. The highest BCUT2D eigenvalue weighted by Gasteiger charge is 1.97. The van der Waals surface area contributed by atoms with Crippen LogP contribution in [0.5, 0.6) is 0 Å². The Bertz CT molecular complexity index is 468. The summed E-state index contributed by atoms with van der Waals surface area (Å²) in [4.78, 5) is 20.8. The van der Waals surface area contributed by atoms with Crippen molar-refractivity contribution in [3.63, 3.8) is 0 Å². The zero-order valence-corrected chi connectivity index (χ0v) is 17.4. The van der Waals surface area contributed by atoms with Gasteiger partial charge in [-0.25, -0.2) is 0 Å². The Morgan fingerprint density at radius 3 is 1.07 bits per heavy atom. The molecule has 0 heterocycles. The Kier molecular flexibility index (Phi) is 19.9. The first-order valence-corrected chi connectivity index (χ1v) is 11.0. The molecule has 0 bridgehead atoms. The van der Waals surface area contributed by atoms with E-state index in [2.05, 4.69) is 23.7 Å². The second-order valence-electron chi connectivity index (χ2n) is 7.34. The minimum Gasteiger partial charge on any atom is -0.481 e. The quantitative estimate of drug-likeness (QED) is 0.216. The third kappa shape index (κ3) is 24.1. The Morgan fingerprint density at radius 2 is 0.750 bits per heavy atom. The van der Waals surface area contributed by atoms with Crippen LogP contribution in [-0.4, -0.2) is 22.2 Å². The van der Waals surface area contributed by atoms with Crippen LogP contribution in [0.25, 0.3) is 0 Å². The molecule has 0 spiro atoms. The summed E-state index contributed by atoms with van der Waals surface area (Å²) in [6.07, 6.45) is 17.8. The molecule has 0 aromatic rings. The average molecular weight is 391 g/mol. The number of hydrogen-bond acceptors (Lipinski definition) is 2. The lowest BCUT2D eigenvalue weighted by Gasteiger charge is -1.99. The molecule has 0 aliphatic carbocycles. The van der Waals surface area contributed by atoms with Crippen molar-refractivity contribution in [1.82, 2.24) is 0 Å². The lowest BCUT2D eigenvalue weighted by atomic mass is 10.1. The van der Waals surface area contributed by atoms with Gasteiger partial charge in [-0.2, -0.15) is 0 Å². The maximum absolute atomic E-state index is 10.4. The first kappa shape index (κ1) is 26.1. The standard InChI is InChI=1S/C24H38O4/c25-23(26)21-19-17-15-13-11-9-7-5-3-1-2-4-6-8-10-12-14-16-18-20-22-24(27)28/h5-22H2,(H,25,26)(H,27,28). The van der Waals surface area contributed by atoms with Gasteiger partial charge < -0.3 is 10.2 Å². The molecule has 0 aliphatic heterocycles. The van der Waals surface area contributed by atoms with Gasteiger partial charge in [0.05, 0.1) is 0 Å². The van der Waals surface area contributed by atoms with E-state index >= 15 is 0 Å². The van der Waals surface area contributed by atoms with Crippen molar-refractivity contribution in [2.45, 2.75) is 116 Å². The molecule has 0 amide bonds. The first-order chi connectivity index (χ1) is 13.6. The van der Waals surface area contributed by atoms with Gasteiger partial charge in [-0.15, -0.1) is 0 Å². The minimum absolute atomic E-state index is 0.298. The number of rotatable bonds is 18. The van der Waals surface area contributed by atoms with E-state index < -0.39 is 11.9 Å². The van der Waals surface area contributed by atoms with Gasteiger partial charge in [-0.1, -0.05) is 76.0 Å². The zero-order valence-electron chi connectivity index (χ0n) is 17.4. The number of carboxylic acids is 2. The van der Waals surface area contributed by atoms with Crippen LogP contribution in [0.15, 0.2) is 0 Å². The van der Waals surface area contributed by atoms with E-state index in [1.54, 1.807) is 0 Å². The van der Waals surface area contributed by atoms with E-state index in [0.29, 0.717) is 12.8 Å². The Hall–Kier alpha value is -1.94. The van der Waals surface area contributed by atoms with Crippen molar-refractivity contribution in [3.8, 4) is 23.7 Å². The molecule has 2 N–H and O–H groups in total. The van der Waals surface area contributed by atoms with Crippen molar-refractivity contribution < 1.29 is 19.8 Å². The fourth-order valence-corrected chi connectivity index (χ4v) is 2.96. The average Bonchev–Trinajstić information content (AvgIpc) is 2.65. The van der Waals surface area contributed by atoms with Crippen molar-refractivity contribution in [2.75, 3.05) is 0 Å². The Balaban J connectivity index is 3.27. The van der Waals surface area contributed by atoms with E-state index in [4.69, 9.17) is 10.2 Å². The first-order valence-electron chi connectivity index (χ1n) is 11.0. The largest absolute Gasteiger partial charge is 0.481 e. The molecule has 0 rings (SSSR count). The molecule has 0 radical (unpaired) electrons. The summed E-state index contributed by atoms with van der Waals surface area (Å²) in [5, 5.41) is 17.1. The molecule has 4 nitrogen and oxygen atoms in total. The van der Waals surface area contributed by atoms with Crippen molar-refractivity contribution in [3.05, 3.63) is 0 Å².